The van der Waals surface area contributed by atoms with E-state index in [4.69, 9.17) is 9.97 Å². The van der Waals surface area contributed by atoms with Gasteiger partial charge in [0, 0.05) is 11.1 Å². The van der Waals surface area contributed by atoms with Crippen molar-refractivity contribution in [3.8, 4) is 22.5 Å². The number of aromatic nitrogens is 2. The van der Waals surface area contributed by atoms with E-state index in [1.807, 2.05) is 13.8 Å². The third-order valence-corrected chi connectivity index (χ3v) is 5.29. The molecule has 1 heterocycles. The fourth-order valence-electron chi connectivity index (χ4n) is 3.41. The van der Waals surface area contributed by atoms with Crippen molar-refractivity contribution >= 4 is 0 Å². The molecule has 3 aromatic rings. The molecule has 0 bridgehead atoms. The zero-order valence-electron chi connectivity index (χ0n) is 18.5. The Morgan fingerprint density at radius 2 is 0.786 bits per heavy atom. The highest BCUT2D eigenvalue weighted by atomic mass is 14.8. The van der Waals surface area contributed by atoms with Crippen LogP contribution in [0.1, 0.15) is 64.1 Å². The minimum atomic E-state index is 0.151. The Morgan fingerprint density at radius 3 is 1.04 bits per heavy atom. The maximum atomic E-state index is 4.92. The standard InChI is InChI=1S/C26H32N2/c1-17-23(19-9-13-21(14-10-19)25(3,4)5)28-18(2)24(27-17)20-11-15-22(16-12-20)26(6,7)8/h9-16H,1-8H3. The van der Waals surface area contributed by atoms with E-state index >= 15 is 0 Å². The molecular formula is C26H32N2. The normalized spacial score (nSPS) is 12.3. The zero-order valence-corrected chi connectivity index (χ0v) is 18.5. The Hall–Kier alpha value is -2.48. The first-order valence-electron chi connectivity index (χ1n) is 10.0. The largest absolute Gasteiger partial charge is 0.249 e. The van der Waals surface area contributed by atoms with E-state index in [9.17, 15) is 0 Å². The van der Waals surface area contributed by atoms with Crippen molar-refractivity contribution < 1.29 is 0 Å². The number of rotatable bonds is 2. The van der Waals surface area contributed by atoms with Crippen LogP contribution >= 0.6 is 0 Å². The van der Waals surface area contributed by atoms with E-state index in [0.717, 1.165) is 33.9 Å². The smallest absolute Gasteiger partial charge is 0.0918 e. The average molecular weight is 373 g/mol. The molecule has 0 saturated heterocycles. The van der Waals surface area contributed by atoms with E-state index in [1.54, 1.807) is 0 Å². The summed E-state index contributed by atoms with van der Waals surface area (Å²) in [6.45, 7) is 17.5. The molecule has 2 nitrogen and oxygen atoms in total. The third-order valence-electron chi connectivity index (χ3n) is 5.29. The van der Waals surface area contributed by atoms with Crippen LogP contribution in [0.4, 0.5) is 0 Å². The monoisotopic (exact) mass is 372 g/mol. The summed E-state index contributed by atoms with van der Waals surface area (Å²) in [5.74, 6) is 0. The Bertz CT molecular complexity index is 884. The first-order valence-corrected chi connectivity index (χ1v) is 10.0. The van der Waals surface area contributed by atoms with Crippen molar-refractivity contribution in [3.05, 3.63) is 71.0 Å². The molecule has 146 valence electrons. The second-order valence-corrected chi connectivity index (χ2v) is 9.75. The molecule has 0 aliphatic heterocycles. The molecule has 0 atom stereocenters. The maximum Gasteiger partial charge on any atom is 0.0918 e. The molecule has 0 radical (unpaired) electrons. The molecule has 0 amide bonds. The van der Waals surface area contributed by atoms with E-state index in [-0.39, 0.29) is 10.8 Å². The summed E-state index contributed by atoms with van der Waals surface area (Å²) in [6, 6.07) is 17.4. The lowest BCUT2D eigenvalue weighted by molar-refractivity contribution is 0.590. The summed E-state index contributed by atoms with van der Waals surface area (Å²) in [5.41, 5.74) is 9.06. The molecule has 0 fully saturated rings. The summed E-state index contributed by atoms with van der Waals surface area (Å²) >= 11 is 0. The highest BCUT2D eigenvalue weighted by Gasteiger charge is 2.17. The number of nitrogens with zero attached hydrogens (tertiary/aromatic N) is 2. The van der Waals surface area contributed by atoms with Gasteiger partial charge in [-0.1, -0.05) is 90.1 Å². The van der Waals surface area contributed by atoms with Gasteiger partial charge in [-0.05, 0) is 35.8 Å². The topological polar surface area (TPSA) is 25.8 Å². The minimum absolute atomic E-state index is 0.151. The quantitative estimate of drug-likeness (QED) is 0.483. The van der Waals surface area contributed by atoms with Gasteiger partial charge in [-0.3, -0.25) is 0 Å². The molecule has 3 rings (SSSR count). The summed E-state index contributed by atoms with van der Waals surface area (Å²) < 4.78 is 0. The molecular weight excluding hydrogens is 340 g/mol. The van der Waals surface area contributed by atoms with Crippen LogP contribution in [0.15, 0.2) is 48.5 Å². The summed E-state index contributed by atoms with van der Waals surface area (Å²) in [6.07, 6.45) is 0. The number of hydrogen-bond donors (Lipinski definition) is 0. The van der Waals surface area contributed by atoms with Gasteiger partial charge in [-0.25, -0.2) is 9.97 Å². The van der Waals surface area contributed by atoms with Gasteiger partial charge < -0.3 is 0 Å². The highest BCUT2D eigenvalue weighted by molar-refractivity contribution is 5.68. The summed E-state index contributed by atoms with van der Waals surface area (Å²) in [5, 5.41) is 0. The fraction of sp³-hybridized carbons (Fsp3) is 0.385. The van der Waals surface area contributed by atoms with Crippen LogP contribution in [0.2, 0.25) is 0 Å². The first kappa shape index (κ1) is 20.3. The van der Waals surface area contributed by atoms with E-state index in [2.05, 4.69) is 90.1 Å². The van der Waals surface area contributed by atoms with Gasteiger partial charge in [-0.15, -0.1) is 0 Å². The zero-order chi connectivity index (χ0) is 20.7. The van der Waals surface area contributed by atoms with E-state index in [0.29, 0.717) is 0 Å². The van der Waals surface area contributed by atoms with Crippen molar-refractivity contribution in [2.75, 3.05) is 0 Å². The van der Waals surface area contributed by atoms with E-state index < -0.39 is 0 Å². The van der Waals surface area contributed by atoms with Gasteiger partial charge in [-0.2, -0.15) is 0 Å². The van der Waals surface area contributed by atoms with Crippen LogP contribution in [0.25, 0.3) is 22.5 Å². The highest BCUT2D eigenvalue weighted by Crippen LogP contribution is 2.30. The number of hydrogen-bond acceptors (Lipinski definition) is 2. The molecule has 28 heavy (non-hydrogen) atoms. The van der Waals surface area contributed by atoms with Crippen molar-refractivity contribution in [1.29, 1.82) is 0 Å². The van der Waals surface area contributed by atoms with Crippen LogP contribution < -0.4 is 0 Å². The lowest BCUT2D eigenvalue weighted by Crippen LogP contribution is -2.10. The molecule has 0 spiro atoms. The van der Waals surface area contributed by atoms with Gasteiger partial charge in [0.1, 0.15) is 0 Å². The van der Waals surface area contributed by atoms with Crippen LogP contribution in [-0.4, -0.2) is 9.97 Å². The van der Waals surface area contributed by atoms with Gasteiger partial charge in [0.05, 0.1) is 22.8 Å². The Balaban J connectivity index is 1.97. The second kappa shape index (κ2) is 7.16. The third kappa shape index (κ3) is 4.16. The van der Waals surface area contributed by atoms with Crippen LogP contribution in [0.5, 0.6) is 0 Å². The number of aryl methyl sites for hydroxylation is 2. The Labute approximate surface area is 170 Å². The van der Waals surface area contributed by atoms with Gasteiger partial charge in [0.25, 0.3) is 0 Å². The van der Waals surface area contributed by atoms with Crippen molar-refractivity contribution in [1.82, 2.24) is 9.97 Å². The second-order valence-electron chi connectivity index (χ2n) is 9.75. The summed E-state index contributed by atoms with van der Waals surface area (Å²) in [4.78, 5) is 9.84. The molecule has 1 aromatic heterocycles. The summed E-state index contributed by atoms with van der Waals surface area (Å²) in [7, 11) is 0. The lowest BCUT2D eigenvalue weighted by Gasteiger charge is -2.20. The molecule has 0 aliphatic carbocycles. The Morgan fingerprint density at radius 1 is 0.500 bits per heavy atom. The average Bonchev–Trinajstić information content (AvgIpc) is 2.62. The Kier molecular flexibility index (Phi) is 5.18. The molecule has 0 unspecified atom stereocenters. The first-order chi connectivity index (χ1) is 13.0. The lowest BCUT2D eigenvalue weighted by atomic mass is 9.86. The van der Waals surface area contributed by atoms with Crippen LogP contribution in [0.3, 0.4) is 0 Å². The number of benzene rings is 2. The van der Waals surface area contributed by atoms with Gasteiger partial charge in [0.15, 0.2) is 0 Å². The molecule has 2 aromatic carbocycles. The predicted molar refractivity (Wildman–Crippen MR) is 120 cm³/mol. The van der Waals surface area contributed by atoms with Crippen LogP contribution in [0, 0.1) is 13.8 Å². The fourth-order valence-corrected chi connectivity index (χ4v) is 3.41. The molecule has 0 aliphatic rings. The molecule has 0 N–H and O–H groups in total. The van der Waals surface area contributed by atoms with Crippen molar-refractivity contribution in [2.45, 2.75) is 66.2 Å². The predicted octanol–water partition coefficient (Wildman–Crippen LogP) is 7.02. The van der Waals surface area contributed by atoms with Gasteiger partial charge >= 0.3 is 0 Å². The molecule has 0 saturated carbocycles. The SMILES string of the molecule is Cc1nc(-c2ccc(C(C)(C)C)cc2)c(C)nc1-c1ccc(C(C)(C)C)cc1. The van der Waals surface area contributed by atoms with Gasteiger partial charge in [0.2, 0.25) is 0 Å². The minimum Gasteiger partial charge on any atom is -0.249 e. The van der Waals surface area contributed by atoms with E-state index in [1.165, 1.54) is 11.1 Å². The van der Waals surface area contributed by atoms with Crippen molar-refractivity contribution in [2.24, 2.45) is 0 Å². The maximum absolute atomic E-state index is 4.92. The van der Waals surface area contributed by atoms with Crippen LogP contribution in [-0.2, 0) is 10.8 Å². The molecule has 2 heteroatoms. The van der Waals surface area contributed by atoms with Crippen molar-refractivity contribution in [3.63, 3.8) is 0 Å².